The van der Waals surface area contributed by atoms with Gasteiger partial charge in [0.2, 0.25) is 0 Å². The molecule has 2 aromatic rings. The Hall–Kier alpha value is -2.09. The van der Waals surface area contributed by atoms with Crippen LogP contribution in [-0.2, 0) is 14.8 Å². The van der Waals surface area contributed by atoms with Gasteiger partial charge in [-0.1, -0.05) is 17.7 Å². The second-order valence-electron chi connectivity index (χ2n) is 6.93. The first kappa shape index (κ1) is 20.6. The van der Waals surface area contributed by atoms with E-state index >= 15 is 0 Å². The Morgan fingerprint density at radius 3 is 2.61 bits per heavy atom. The first-order chi connectivity index (χ1) is 13.3. The van der Waals surface area contributed by atoms with Crippen molar-refractivity contribution in [2.75, 3.05) is 17.9 Å². The Morgan fingerprint density at radius 2 is 1.93 bits per heavy atom. The second kappa shape index (κ2) is 8.51. The topological polar surface area (TPSA) is 84.5 Å². The maximum atomic E-state index is 12.8. The average molecular weight is 423 g/mol. The fraction of sp³-hybridized carbons (Fsp3) is 0.350. The van der Waals surface area contributed by atoms with E-state index in [-0.39, 0.29) is 21.5 Å². The molecule has 1 saturated heterocycles. The lowest BCUT2D eigenvalue weighted by molar-refractivity contribution is 0.0624. The Kier molecular flexibility index (Phi) is 6.27. The summed E-state index contributed by atoms with van der Waals surface area (Å²) in [5.41, 5.74) is 2.63. The molecule has 0 aromatic heterocycles. The summed E-state index contributed by atoms with van der Waals surface area (Å²) in [5, 5.41) is 3.05. The minimum Gasteiger partial charge on any atom is -0.379 e. The smallest absolute Gasteiger partial charge is 0.261 e. The van der Waals surface area contributed by atoms with Crippen molar-refractivity contribution in [3.63, 3.8) is 0 Å². The van der Waals surface area contributed by atoms with Crippen LogP contribution in [0.2, 0.25) is 5.02 Å². The van der Waals surface area contributed by atoms with Gasteiger partial charge in [0.15, 0.2) is 0 Å². The molecule has 8 heteroatoms. The molecule has 1 amide bonds. The predicted molar refractivity (Wildman–Crippen MR) is 109 cm³/mol. The molecular formula is C20H23ClN2O4S. The molecule has 1 atom stereocenters. The van der Waals surface area contributed by atoms with Crippen LogP contribution in [0.25, 0.3) is 0 Å². The highest BCUT2D eigenvalue weighted by atomic mass is 35.5. The second-order valence-corrected chi connectivity index (χ2v) is 9.02. The van der Waals surface area contributed by atoms with E-state index in [9.17, 15) is 13.2 Å². The zero-order chi connectivity index (χ0) is 20.3. The highest BCUT2D eigenvalue weighted by Gasteiger charge is 2.22. The zero-order valence-corrected chi connectivity index (χ0v) is 17.4. The quantitative estimate of drug-likeness (QED) is 0.769. The summed E-state index contributed by atoms with van der Waals surface area (Å²) in [6, 6.07) is 9.30. The fourth-order valence-corrected chi connectivity index (χ4v) is 4.26. The third-order valence-corrected chi connectivity index (χ3v) is 6.46. The number of sulfonamides is 1. The summed E-state index contributed by atoms with van der Waals surface area (Å²) < 4.78 is 33.4. The lowest BCUT2D eigenvalue weighted by atomic mass is 10.1. The summed E-state index contributed by atoms with van der Waals surface area (Å²) in [6.07, 6.45) is 1.68. The normalized spacial score (nSPS) is 17.2. The van der Waals surface area contributed by atoms with Crippen molar-refractivity contribution >= 4 is 33.2 Å². The number of carbonyl (C=O) groups is 1. The van der Waals surface area contributed by atoms with Gasteiger partial charge >= 0.3 is 0 Å². The van der Waals surface area contributed by atoms with Gasteiger partial charge in [-0.2, -0.15) is 0 Å². The van der Waals surface area contributed by atoms with E-state index in [2.05, 4.69) is 10.0 Å². The number of rotatable bonds is 5. The Balaban J connectivity index is 1.82. The van der Waals surface area contributed by atoms with E-state index < -0.39 is 15.9 Å². The molecule has 0 spiro atoms. The van der Waals surface area contributed by atoms with Crippen molar-refractivity contribution in [1.82, 2.24) is 5.32 Å². The molecule has 1 heterocycles. The van der Waals surface area contributed by atoms with E-state index in [1.165, 1.54) is 18.2 Å². The van der Waals surface area contributed by atoms with Gasteiger partial charge in [0, 0.05) is 12.3 Å². The standard InChI is InChI=1S/C20H23ClN2O4S/c1-13-5-6-15(10-14(13)2)23-28(25,26)17-7-8-19(21)18(11-17)20(24)22-16-4-3-9-27-12-16/h5-8,10-11,16,23H,3-4,9,12H2,1-2H3,(H,22,24). The average Bonchev–Trinajstić information content (AvgIpc) is 2.65. The summed E-state index contributed by atoms with van der Waals surface area (Å²) in [5.74, 6) is -0.413. The first-order valence-electron chi connectivity index (χ1n) is 9.04. The number of hydrogen-bond donors (Lipinski definition) is 2. The highest BCUT2D eigenvalue weighted by Crippen LogP contribution is 2.24. The number of benzene rings is 2. The van der Waals surface area contributed by atoms with Crippen molar-refractivity contribution in [2.45, 2.75) is 37.6 Å². The van der Waals surface area contributed by atoms with Crippen LogP contribution in [0.5, 0.6) is 0 Å². The lowest BCUT2D eigenvalue weighted by Crippen LogP contribution is -2.40. The summed E-state index contributed by atoms with van der Waals surface area (Å²) in [7, 11) is -3.86. The van der Waals surface area contributed by atoms with Gasteiger partial charge in [-0.25, -0.2) is 8.42 Å². The van der Waals surface area contributed by atoms with Crippen molar-refractivity contribution in [2.24, 2.45) is 0 Å². The zero-order valence-electron chi connectivity index (χ0n) is 15.8. The summed E-state index contributed by atoms with van der Waals surface area (Å²) in [4.78, 5) is 12.6. The third-order valence-electron chi connectivity index (χ3n) is 4.75. The maximum absolute atomic E-state index is 12.8. The molecule has 1 aliphatic heterocycles. The van der Waals surface area contributed by atoms with Gasteiger partial charge in [-0.3, -0.25) is 9.52 Å². The fourth-order valence-electron chi connectivity index (χ4n) is 2.98. The molecule has 1 fully saturated rings. The maximum Gasteiger partial charge on any atom is 0.261 e. The predicted octanol–water partition coefficient (Wildman–Crippen LogP) is 3.67. The van der Waals surface area contributed by atoms with Gasteiger partial charge in [0.25, 0.3) is 15.9 Å². The number of nitrogens with one attached hydrogen (secondary N) is 2. The van der Waals surface area contributed by atoms with Crippen LogP contribution < -0.4 is 10.0 Å². The number of carbonyl (C=O) groups excluding carboxylic acids is 1. The monoisotopic (exact) mass is 422 g/mol. The van der Waals surface area contributed by atoms with Crippen molar-refractivity contribution < 1.29 is 17.9 Å². The van der Waals surface area contributed by atoms with E-state index in [1.54, 1.807) is 12.1 Å². The van der Waals surface area contributed by atoms with Crippen LogP contribution >= 0.6 is 11.6 Å². The van der Waals surface area contributed by atoms with Crippen LogP contribution in [0.3, 0.4) is 0 Å². The van der Waals surface area contributed by atoms with Gasteiger partial charge in [-0.15, -0.1) is 0 Å². The van der Waals surface area contributed by atoms with Crippen LogP contribution in [0.4, 0.5) is 5.69 Å². The minimum atomic E-state index is -3.86. The number of aryl methyl sites for hydroxylation is 2. The molecule has 0 bridgehead atoms. The Morgan fingerprint density at radius 1 is 1.14 bits per heavy atom. The van der Waals surface area contributed by atoms with Gasteiger partial charge in [-0.05, 0) is 68.1 Å². The molecule has 150 valence electrons. The van der Waals surface area contributed by atoms with Crippen LogP contribution in [-0.4, -0.2) is 33.6 Å². The molecule has 0 saturated carbocycles. The Bertz CT molecular complexity index is 986. The number of ether oxygens (including phenoxy) is 1. The molecule has 6 nitrogen and oxygen atoms in total. The molecular weight excluding hydrogens is 400 g/mol. The lowest BCUT2D eigenvalue weighted by Gasteiger charge is -2.23. The molecule has 2 N–H and O–H groups in total. The minimum absolute atomic E-state index is 0.0276. The third kappa shape index (κ3) is 4.84. The van der Waals surface area contributed by atoms with E-state index in [4.69, 9.17) is 16.3 Å². The van der Waals surface area contributed by atoms with Gasteiger partial charge < -0.3 is 10.1 Å². The molecule has 1 unspecified atom stereocenters. The van der Waals surface area contributed by atoms with Crippen molar-refractivity contribution in [3.8, 4) is 0 Å². The molecule has 28 heavy (non-hydrogen) atoms. The SMILES string of the molecule is Cc1ccc(NS(=O)(=O)c2ccc(Cl)c(C(=O)NC3CCCOC3)c2)cc1C. The number of halogens is 1. The number of amides is 1. The molecule has 1 aliphatic rings. The molecule has 3 rings (SSSR count). The van der Waals surface area contributed by atoms with Gasteiger partial charge in [0.05, 0.1) is 28.1 Å². The van der Waals surface area contributed by atoms with Crippen LogP contribution in [0, 0.1) is 13.8 Å². The summed E-state index contributed by atoms with van der Waals surface area (Å²) in [6.45, 7) is 4.99. The molecule has 2 aromatic carbocycles. The first-order valence-corrected chi connectivity index (χ1v) is 10.9. The van der Waals surface area contributed by atoms with E-state index in [1.807, 2.05) is 19.9 Å². The van der Waals surface area contributed by atoms with E-state index in [0.29, 0.717) is 18.9 Å². The van der Waals surface area contributed by atoms with E-state index in [0.717, 1.165) is 24.0 Å². The molecule has 0 aliphatic carbocycles. The highest BCUT2D eigenvalue weighted by molar-refractivity contribution is 7.92. The van der Waals surface area contributed by atoms with Crippen molar-refractivity contribution in [1.29, 1.82) is 0 Å². The molecule has 0 radical (unpaired) electrons. The largest absolute Gasteiger partial charge is 0.379 e. The summed E-state index contributed by atoms with van der Waals surface area (Å²) >= 11 is 6.15. The van der Waals surface area contributed by atoms with Gasteiger partial charge in [0.1, 0.15) is 0 Å². The van der Waals surface area contributed by atoms with Crippen molar-refractivity contribution in [3.05, 3.63) is 58.1 Å². The van der Waals surface area contributed by atoms with Crippen LogP contribution in [0.1, 0.15) is 34.3 Å². The van der Waals surface area contributed by atoms with Crippen LogP contribution in [0.15, 0.2) is 41.3 Å². The Labute approximate surface area is 170 Å². The number of hydrogen-bond acceptors (Lipinski definition) is 4. The number of anilines is 1.